The first-order valence-electron chi connectivity index (χ1n) is 8.11. The van der Waals surface area contributed by atoms with Crippen molar-refractivity contribution in [1.82, 2.24) is 19.6 Å². The summed E-state index contributed by atoms with van der Waals surface area (Å²) in [5, 5.41) is 12.0. The molecule has 26 heavy (non-hydrogen) atoms. The smallest absolute Gasteiger partial charge is 0.246 e. The van der Waals surface area contributed by atoms with Crippen molar-refractivity contribution in [1.29, 1.82) is 0 Å². The molecule has 3 rings (SSSR count). The van der Waals surface area contributed by atoms with E-state index in [9.17, 15) is 4.79 Å². The molecule has 1 aromatic carbocycles. The van der Waals surface area contributed by atoms with Crippen molar-refractivity contribution in [3.05, 3.63) is 58.6 Å². The van der Waals surface area contributed by atoms with Gasteiger partial charge in [0.05, 0.1) is 41.9 Å². The molecule has 2 heterocycles. The zero-order chi connectivity index (χ0) is 18.7. The van der Waals surface area contributed by atoms with Crippen LogP contribution in [-0.2, 0) is 17.9 Å². The first kappa shape index (κ1) is 18.0. The number of rotatable bonds is 6. The van der Waals surface area contributed by atoms with Gasteiger partial charge in [-0.25, -0.2) is 0 Å². The van der Waals surface area contributed by atoms with E-state index in [2.05, 4.69) is 15.5 Å². The van der Waals surface area contributed by atoms with Crippen LogP contribution >= 0.6 is 11.6 Å². The van der Waals surface area contributed by atoms with E-state index in [-0.39, 0.29) is 12.5 Å². The summed E-state index contributed by atoms with van der Waals surface area (Å²) in [6.07, 6.45) is 3.10. The number of aromatic nitrogens is 4. The number of carbonyl (C=O) groups is 1. The summed E-state index contributed by atoms with van der Waals surface area (Å²) in [6.45, 7) is 4.48. The first-order chi connectivity index (χ1) is 12.5. The summed E-state index contributed by atoms with van der Waals surface area (Å²) in [5.41, 5.74) is 3.43. The fraction of sp³-hybridized carbons (Fsp3) is 0.278. The summed E-state index contributed by atoms with van der Waals surface area (Å²) in [5.74, 6) is 0.618. The number of anilines is 1. The van der Waals surface area contributed by atoms with Gasteiger partial charge in [0.25, 0.3) is 0 Å². The monoisotopic (exact) mass is 373 g/mol. The Morgan fingerprint density at radius 1 is 1.35 bits per heavy atom. The topological polar surface area (TPSA) is 74.0 Å². The Morgan fingerprint density at radius 3 is 2.85 bits per heavy atom. The second kappa shape index (κ2) is 7.61. The van der Waals surface area contributed by atoms with E-state index in [0.29, 0.717) is 11.6 Å². The van der Waals surface area contributed by atoms with Crippen LogP contribution in [0.15, 0.2) is 36.7 Å². The number of hydrogen-bond donors (Lipinski definition) is 1. The van der Waals surface area contributed by atoms with E-state index in [0.717, 1.165) is 28.4 Å². The Hall–Kier alpha value is -2.80. The maximum absolute atomic E-state index is 12.3. The van der Waals surface area contributed by atoms with Crippen LogP contribution in [0.1, 0.15) is 17.0 Å². The van der Waals surface area contributed by atoms with Gasteiger partial charge in [0.15, 0.2) is 0 Å². The standard InChI is InChI=1S/C18H20ClN5O2/c1-12-18(21-17(25)11-23-10-15(19)8-20-23)13(2)24(22-12)9-14-5-4-6-16(7-14)26-3/h4-8,10H,9,11H2,1-3H3,(H,21,25). The van der Waals surface area contributed by atoms with E-state index in [1.54, 1.807) is 13.3 Å². The lowest BCUT2D eigenvalue weighted by Crippen LogP contribution is -2.19. The summed E-state index contributed by atoms with van der Waals surface area (Å²) >= 11 is 5.82. The molecule has 8 heteroatoms. The minimum absolute atomic E-state index is 0.0899. The third kappa shape index (κ3) is 4.05. The Bertz CT molecular complexity index is 932. The van der Waals surface area contributed by atoms with E-state index >= 15 is 0 Å². The second-order valence-electron chi connectivity index (χ2n) is 5.96. The number of ether oxygens (including phenoxy) is 1. The fourth-order valence-corrected chi connectivity index (χ4v) is 2.88. The van der Waals surface area contributed by atoms with Crippen LogP contribution in [0.3, 0.4) is 0 Å². The van der Waals surface area contributed by atoms with Crippen molar-refractivity contribution in [3.63, 3.8) is 0 Å². The molecule has 3 aromatic rings. The number of hydrogen-bond acceptors (Lipinski definition) is 4. The van der Waals surface area contributed by atoms with Gasteiger partial charge in [-0.05, 0) is 31.5 Å². The summed E-state index contributed by atoms with van der Waals surface area (Å²) in [6, 6.07) is 7.82. The summed E-state index contributed by atoms with van der Waals surface area (Å²) < 4.78 is 8.61. The van der Waals surface area contributed by atoms with Gasteiger partial charge in [0.2, 0.25) is 5.91 Å². The Morgan fingerprint density at radius 2 is 2.15 bits per heavy atom. The Balaban J connectivity index is 1.73. The van der Waals surface area contributed by atoms with Gasteiger partial charge in [-0.2, -0.15) is 10.2 Å². The fourth-order valence-electron chi connectivity index (χ4n) is 2.73. The quantitative estimate of drug-likeness (QED) is 0.720. The molecule has 0 saturated carbocycles. The molecule has 0 aliphatic rings. The molecule has 0 unspecified atom stereocenters. The van der Waals surface area contributed by atoms with Gasteiger partial charge in [-0.3, -0.25) is 14.2 Å². The van der Waals surface area contributed by atoms with E-state index in [4.69, 9.17) is 16.3 Å². The number of halogens is 1. The number of aryl methyl sites for hydroxylation is 1. The maximum Gasteiger partial charge on any atom is 0.246 e. The van der Waals surface area contributed by atoms with Gasteiger partial charge in [-0.15, -0.1) is 0 Å². The van der Waals surface area contributed by atoms with Crippen molar-refractivity contribution in [3.8, 4) is 5.75 Å². The normalized spacial score (nSPS) is 10.8. The Kier molecular flexibility index (Phi) is 5.27. The van der Waals surface area contributed by atoms with Gasteiger partial charge in [-0.1, -0.05) is 23.7 Å². The lowest BCUT2D eigenvalue weighted by Gasteiger charge is -2.08. The highest BCUT2D eigenvalue weighted by Crippen LogP contribution is 2.21. The highest BCUT2D eigenvalue weighted by molar-refractivity contribution is 6.30. The van der Waals surface area contributed by atoms with Crippen LogP contribution in [0, 0.1) is 13.8 Å². The van der Waals surface area contributed by atoms with Crippen molar-refractivity contribution in [2.24, 2.45) is 0 Å². The number of carbonyl (C=O) groups excluding carboxylic acids is 1. The number of benzene rings is 1. The molecule has 0 spiro atoms. The van der Waals surface area contributed by atoms with Crippen LogP contribution in [0.5, 0.6) is 5.75 Å². The second-order valence-corrected chi connectivity index (χ2v) is 6.40. The third-order valence-corrected chi connectivity index (χ3v) is 4.21. The largest absolute Gasteiger partial charge is 0.497 e. The molecule has 0 aliphatic heterocycles. The molecule has 1 N–H and O–H groups in total. The van der Waals surface area contributed by atoms with Crippen LogP contribution in [-0.4, -0.2) is 32.6 Å². The van der Waals surface area contributed by atoms with E-state index in [1.807, 2.05) is 42.8 Å². The number of amides is 1. The average molecular weight is 374 g/mol. The van der Waals surface area contributed by atoms with Crippen molar-refractivity contribution >= 4 is 23.2 Å². The lowest BCUT2D eigenvalue weighted by molar-refractivity contribution is -0.116. The van der Waals surface area contributed by atoms with E-state index in [1.165, 1.54) is 10.9 Å². The number of methoxy groups -OCH3 is 1. The van der Waals surface area contributed by atoms with Gasteiger partial charge in [0, 0.05) is 6.20 Å². The molecule has 0 saturated heterocycles. The molecular weight excluding hydrogens is 354 g/mol. The first-order valence-corrected chi connectivity index (χ1v) is 8.49. The maximum atomic E-state index is 12.3. The van der Waals surface area contributed by atoms with Crippen molar-refractivity contribution in [2.45, 2.75) is 26.9 Å². The molecule has 0 aliphatic carbocycles. The van der Waals surface area contributed by atoms with Gasteiger partial charge in [0.1, 0.15) is 12.3 Å². The molecular formula is C18H20ClN5O2. The molecule has 0 atom stereocenters. The molecule has 0 bridgehead atoms. The number of nitrogens with zero attached hydrogens (tertiary/aromatic N) is 4. The average Bonchev–Trinajstić information content (AvgIpc) is 3.13. The van der Waals surface area contributed by atoms with E-state index < -0.39 is 0 Å². The minimum atomic E-state index is -0.183. The molecule has 136 valence electrons. The van der Waals surface area contributed by atoms with Gasteiger partial charge < -0.3 is 10.1 Å². The molecule has 7 nitrogen and oxygen atoms in total. The SMILES string of the molecule is COc1cccc(Cn2nc(C)c(NC(=O)Cn3cc(Cl)cn3)c2C)c1. The van der Waals surface area contributed by atoms with Crippen LogP contribution in [0.4, 0.5) is 5.69 Å². The predicted molar refractivity (Wildman–Crippen MR) is 99.7 cm³/mol. The lowest BCUT2D eigenvalue weighted by atomic mass is 10.2. The zero-order valence-electron chi connectivity index (χ0n) is 14.9. The summed E-state index contributed by atoms with van der Waals surface area (Å²) in [4.78, 5) is 12.3. The molecule has 2 aromatic heterocycles. The highest BCUT2D eigenvalue weighted by atomic mass is 35.5. The van der Waals surface area contributed by atoms with Crippen LogP contribution in [0.25, 0.3) is 0 Å². The van der Waals surface area contributed by atoms with Gasteiger partial charge >= 0.3 is 0 Å². The number of nitrogens with one attached hydrogen (secondary N) is 1. The zero-order valence-corrected chi connectivity index (χ0v) is 15.6. The highest BCUT2D eigenvalue weighted by Gasteiger charge is 2.15. The molecule has 0 radical (unpaired) electrons. The predicted octanol–water partition coefficient (Wildman–Crippen LogP) is 3.05. The summed E-state index contributed by atoms with van der Waals surface area (Å²) in [7, 11) is 1.64. The molecule has 1 amide bonds. The third-order valence-electron chi connectivity index (χ3n) is 4.02. The van der Waals surface area contributed by atoms with Crippen LogP contribution in [0.2, 0.25) is 5.02 Å². The minimum Gasteiger partial charge on any atom is -0.497 e. The van der Waals surface area contributed by atoms with Crippen molar-refractivity contribution in [2.75, 3.05) is 12.4 Å². The Labute approximate surface area is 156 Å². The molecule has 0 fully saturated rings. The van der Waals surface area contributed by atoms with Crippen LogP contribution < -0.4 is 10.1 Å². The van der Waals surface area contributed by atoms with Crippen molar-refractivity contribution < 1.29 is 9.53 Å².